The molecule has 0 aromatic carbocycles. The van der Waals surface area contributed by atoms with Crippen LogP contribution < -0.4 is 5.32 Å². The first-order valence-electron chi connectivity index (χ1n) is 9.35. The Balaban J connectivity index is 1.69. The molecule has 0 radical (unpaired) electrons. The van der Waals surface area contributed by atoms with Crippen molar-refractivity contribution in [2.45, 2.75) is 45.1 Å². The van der Waals surface area contributed by atoms with Gasteiger partial charge in [0.25, 0.3) is 5.91 Å². The van der Waals surface area contributed by atoms with Gasteiger partial charge < -0.3 is 14.8 Å². The zero-order valence-corrected chi connectivity index (χ0v) is 15.8. The fourth-order valence-corrected chi connectivity index (χ4v) is 2.91. The Morgan fingerprint density at radius 3 is 2.85 bits per heavy atom. The third kappa shape index (κ3) is 4.40. The highest BCUT2D eigenvalue weighted by molar-refractivity contribution is 6.05. The number of hydrogen-bond acceptors (Lipinski definition) is 5. The second kappa shape index (κ2) is 8.60. The molecule has 0 spiro atoms. The summed E-state index contributed by atoms with van der Waals surface area (Å²) in [7, 11) is 1.65. The summed E-state index contributed by atoms with van der Waals surface area (Å²) in [5, 5.41) is 8.25. The van der Waals surface area contributed by atoms with Gasteiger partial charge in [-0.3, -0.25) is 4.79 Å². The Hall–Kier alpha value is -1.99. The van der Waals surface area contributed by atoms with E-state index in [9.17, 15) is 4.79 Å². The molecule has 1 aliphatic rings. The summed E-state index contributed by atoms with van der Waals surface area (Å²) in [4.78, 5) is 17.5. The average Bonchev–Trinajstić information content (AvgIpc) is 3.38. The lowest BCUT2D eigenvalue weighted by atomic mass is 10.1. The van der Waals surface area contributed by atoms with Gasteiger partial charge in [0.15, 0.2) is 5.65 Å². The van der Waals surface area contributed by atoms with E-state index < -0.39 is 0 Å². The van der Waals surface area contributed by atoms with Gasteiger partial charge in [0, 0.05) is 37.9 Å². The minimum absolute atomic E-state index is 0.0699. The molecule has 142 valence electrons. The summed E-state index contributed by atoms with van der Waals surface area (Å²) in [6, 6.07) is 2.14. The molecule has 0 bridgehead atoms. The molecule has 0 aliphatic heterocycles. The first-order valence-corrected chi connectivity index (χ1v) is 9.35. The van der Waals surface area contributed by atoms with E-state index >= 15 is 0 Å². The fraction of sp³-hybridized carbons (Fsp3) is 0.632. The van der Waals surface area contributed by atoms with Gasteiger partial charge in [0.2, 0.25) is 0 Å². The number of hydrogen-bond donors (Lipinski definition) is 1. The lowest BCUT2D eigenvalue weighted by Crippen LogP contribution is -2.26. The summed E-state index contributed by atoms with van der Waals surface area (Å²) in [6.45, 7) is 6.49. The minimum Gasteiger partial charge on any atom is -0.382 e. The summed E-state index contributed by atoms with van der Waals surface area (Å²) in [5.41, 5.74) is 2.48. The molecule has 0 saturated heterocycles. The fourth-order valence-electron chi connectivity index (χ4n) is 2.91. The number of nitrogens with one attached hydrogen (secondary N) is 1. The maximum absolute atomic E-state index is 12.7. The summed E-state index contributed by atoms with van der Waals surface area (Å²) in [6.07, 6.45) is 4.81. The predicted octanol–water partition coefficient (Wildman–Crippen LogP) is 2.67. The smallest absolute Gasteiger partial charge is 0.252 e. The Bertz CT molecular complexity index is 753. The number of rotatable bonds is 10. The van der Waals surface area contributed by atoms with E-state index in [4.69, 9.17) is 14.5 Å². The monoisotopic (exact) mass is 360 g/mol. The van der Waals surface area contributed by atoms with E-state index in [-0.39, 0.29) is 11.9 Å². The maximum atomic E-state index is 12.7. The second-order valence-corrected chi connectivity index (χ2v) is 7.00. The van der Waals surface area contributed by atoms with Crippen molar-refractivity contribution < 1.29 is 14.3 Å². The van der Waals surface area contributed by atoms with Crippen LogP contribution in [0.15, 0.2) is 12.3 Å². The normalized spacial score (nSPS) is 14.3. The van der Waals surface area contributed by atoms with Crippen molar-refractivity contribution in [2.75, 3.05) is 33.5 Å². The van der Waals surface area contributed by atoms with Crippen molar-refractivity contribution in [3.8, 4) is 0 Å². The van der Waals surface area contributed by atoms with Crippen molar-refractivity contribution in [2.24, 2.45) is 0 Å². The van der Waals surface area contributed by atoms with Gasteiger partial charge in [-0.15, -0.1) is 0 Å². The van der Waals surface area contributed by atoms with Crippen molar-refractivity contribution in [1.82, 2.24) is 20.1 Å². The predicted molar refractivity (Wildman–Crippen MR) is 99.5 cm³/mol. The van der Waals surface area contributed by atoms with Crippen molar-refractivity contribution in [3.63, 3.8) is 0 Å². The van der Waals surface area contributed by atoms with Gasteiger partial charge in [-0.1, -0.05) is 0 Å². The largest absolute Gasteiger partial charge is 0.382 e. The first-order chi connectivity index (χ1) is 12.6. The van der Waals surface area contributed by atoms with Gasteiger partial charge in [0.05, 0.1) is 30.4 Å². The standard InChI is InChI=1S/C19H28N4O3/c1-13(2)23-18-16(12-21-23)15(11-17(22-18)14-5-6-14)19(24)20-7-4-8-26-10-9-25-3/h11-14H,4-10H2,1-3H3,(H,20,24). The van der Waals surface area contributed by atoms with Crippen molar-refractivity contribution >= 4 is 16.9 Å². The summed E-state index contributed by atoms with van der Waals surface area (Å²) >= 11 is 0. The molecule has 26 heavy (non-hydrogen) atoms. The van der Waals surface area contributed by atoms with Crippen LogP contribution in [0.3, 0.4) is 0 Å². The van der Waals surface area contributed by atoms with Gasteiger partial charge in [-0.25, -0.2) is 9.67 Å². The zero-order chi connectivity index (χ0) is 18.5. The van der Waals surface area contributed by atoms with Crippen LogP contribution >= 0.6 is 0 Å². The van der Waals surface area contributed by atoms with Crippen LogP contribution in [-0.4, -0.2) is 54.1 Å². The third-order valence-corrected chi connectivity index (χ3v) is 4.50. The number of nitrogens with zero attached hydrogens (tertiary/aromatic N) is 3. The average molecular weight is 360 g/mol. The van der Waals surface area contributed by atoms with Crippen molar-refractivity contribution in [3.05, 3.63) is 23.5 Å². The van der Waals surface area contributed by atoms with E-state index in [0.29, 0.717) is 37.8 Å². The number of aromatic nitrogens is 3. The van der Waals surface area contributed by atoms with Crippen LogP contribution in [-0.2, 0) is 9.47 Å². The van der Waals surface area contributed by atoms with E-state index in [1.54, 1.807) is 13.3 Å². The van der Waals surface area contributed by atoms with Crippen LogP contribution in [0.25, 0.3) is 11.0 Å². The number of carbonyl (C=O) groups is 1. The topological polar surface area (TPSA) is 78.3 Å². The highest BCUT2D eigenvalue weighted by atomic mass is 16.5. The molecular weight excluding hydrogens is 332 g/mol. The molecule has 7 heteroatoms. The minimum atomic E-state index is -0.0699. The van der Waals surface area contributed by atoms with E-state index in [2.05, 4.69) is 24.3 Å². The first kappa shape index (κ1) is 18.8. The van der Waals surface area contributed by atoms with Crippen LogP contribution in [0.4, 0.5) is 0 Å². The Kier molecular flexibility index (Phi) is 6.21. The van der Waals surface area contributed by atoms with Gasteiger partial charge in [-0.05, 0) is 39.2 Å². The number of methoxy groups -OCH3 is 1. The zero-order valence-electron chi connectivity index (χ0n) is 15.8. The molecular formula is C19H28N4O3. The molecule has 1 N–H and O–H groups in total. The number of fused-ring (bicyclic) bond motifs is 1. The van der Waals surface area contributed by atoms with Crippen LogP contribution in [0.1, 0.15) is 61.1 Å². The lowest BCUT2D eigenvalue weighted by Gasteiger charge is -2.11. The van der Waals surface area contributed by atoms with E-state index in [0.717, 1.165) is 36.0 Å². The van der Waals surface area contributed by atoms with Crippen LogP contribution in [0, 0.1) is 0 Å². The second-order valence-electron chi connectivity index (χ2n) is 7.00. The maximum Gasteiger partial charge on any atom is 0.252 e. The quantitative estimate of drug-likeness (QED) is 0.659. The number of ether oxygens (including phenoxy) is 2. The van der Waals surface area contributed by atoms with E-state index in [1.165, 1.54) is 0 Å². The SMILES string of the molecule is COCCOCCCNC(=O)c1cc(C2CC2)nc2c1cnn2C(C)C. The molecule has 1 fully saturated rings. The molecule has 0 atom stereocenters. The summed E-state index contributed by atoms with van der Waals surface area (Å²) in [5.74, 6) is 0.412. The highest BCUT2D eigenvalue weighted by Crippen LogP contribution is 2.40. The van der Waals surface area contributed by atoms with Crippen molar-refractivity contribution in [1.29, 1.82) is 0 Å². The Morgan fingerprint density at radius 1 is 1.35 bits per heavy atom. The number of pyridine rings is 1. The molecule has 1 aliphatic carbocycles. The lowest BCUT2D eigenvalue weighted by molar-refractivity contribution is 0.0688. The molecule has 3 rings (SSSR count). The van der Waals surface area contributed by atoms with Crippen LogP contribution in [0.5, 0.6) is 0 Å². The van der Waals surface area contributed by atoms with Crippen LogP contribution in [0.2, 0.25) is 0 Å². The highest BCUT2D eigenvalue weighted by Gasteiger charge is 2.28. The van der Waals surface area contributed by atoms with Gasteiger partial charge in [-0.2, -0.15) is 5.10 Å². The molecule has 1 amide bonds. The molecule has 2 aromatic heterocycles. The third-order valence-electron chi connectivity index (χ3n) is 4.50. The Labute approximate surface area is 154 Å². The Morgan fingerprint density at radius 2 is 2.15 bits per heavy atom. The summed E-state index contributed by atoms with van der Waals surface area (Å²) < 4.78 is 12.2. The van der Waals surface area contributed by atoms with E-state index in [1.807, 2.05) is 10.7 Å². The van der Waals surface area contributed by atoms with Gasteiger partial charge >= 0.3 is 0 Å². The molecule has 0 unspecified atom stereocenters. The molecule has 7 nitrogen and oxygen atoms in total. The molecule has 2 heterocycles. The molecule has 1 saturated carbocycles. The number of carbonyl (C=O) groups excluding carboxylic acids is 1. The number of amides is 1. The molecule has 2 aromatic rings. The van der Waals surface area contributed by atoms with Gasteiger partial charge in [0.1, 0.15) is 0 Å².